The molecule has 176 valence electrons. The van der Waals surface area contributed by atoms with Gasteiger partial charge in [-0.1, -0.05) is 54.6 Å². The first-order valence-corrected chi connectivity index (χ1v) is 11.7. The van der Waals surface area contributed by atoms with Crippen molar-refractivity contribution < 1.29 is 19.1 Å². The van der Waals surface area contributed by atoms with Crippen molar-refractivity contribution in [3.63, 3.8) is 0 Å². The first-order valence-electron chi connectivity index (χ1n) is 11.7. The van der Waals surface area contributed by atoms with Crippen molar-refractivity contribution in [3.05, 3.63) is 101 Å². The van der Waals surface area contributed by atoms with Crippen LogP contribution in [0.1, 0.15) is 39.5 Å². The van der Waals surface area contributed by atoms with Gasteiger partial charge in [-0.15, -0.1) is 0 Å². The van der Waals surface area contributed by atoms with Crippen LogP contribution in [0.5, 0.6) is 5.75 Å². The maximum absolute atomic E-state index is 13.4. The topological polar surface area (TPSA) is 77.5 Å². The number of fused-ring (bicyclic) bond motifs is 2. The van der Waals surface area contributed by atoms with Crippen molar-refractivity contribution in [2.24, 2.45) is 0 Å². The molecule has 0 saturated carbocycles. The minimum Gasteiger partial charge on any atom is -0.497 e. The highest BCUT2D eigenvalue weighted by molar-refractivity contribution is 6.06. The molecule has 1 atom stereocenters. The van der Waals surface area contributed by atoms with E-state index in [0.717, 1.165) is 35.0 Å². The molecule has 1 aromatic heterocycles. The Morgan fingerprint density at radius 3 is 2.63 bits per heavy atom. The maximum Gasteiger partial charge on any atom is 0.339 e. The monoisotopic (exact) mass is 466 g/mol. The molecule has 5 rings (SSSR count). The molecule has 1 N–H and O–H groups in total. The Labute approximate surface area is 203 Å². The Hall–Kier alpha value is -4.19. The Bertz CT molecular complexity index is 1380. The second-order valence-electron chi connectivity index (χ2n) is 8.64. The fraction of sp³-hybridized carbons (Fsp3) is 0.207. The van der Waals surface area contributed by atoms with Crippen molar-refractivity contribution in [2.45, 2.75) is 25.2 Å². The molecule has 1 heterocycles. The molecule has 0 fully saturated rings. The van der Waals surface area contributed by atoms with Crippen molar-refractivity contribution in [2.75, 3.05) is 19.0 Å². The summed E-state index contributed by atoms with van der Waals surface area (Å²) in [5.74, 6) is 0.00701. The van der Waals surface area contributed by atoms with Gasteiger partial charge in [0.15, 0.2) is 6.61 Å². The number of carbonyl (C=O) groups is 2. The van der Waals surface area contributed by atoms with E-state index in [1.54, 1.807) is 31.4 Å². The number of anilines is 1. The average molecular weight is 467 g/mol. The standard InChI is InChI=1S/C29H26N2O4/c1-34-22-11-7-10-21(17-22)30-27(32)18-35-29(33)28-23-12-5-6-13-25(23)31-26-15-14-20(16-24(26)28)19-8-3-2-4-9-19/h2-13,17,20H,14-16,18H2,1H3,(H,30,32). The van der Waals surface area contributed by atoms with Crippen LogP contribution in [0.25, 0.3) is 10.9 Å². The fourth-order valence-corrected chi connectivity index (χ4v) is 4.73. The van der Waals surface area contributed by atoms with Crippen LogP contribution >= 0.6 is 0 Å². The molecule has 0 spiro atoms. The molecule has 3 aromatic carbocycles. The van der Waals surface area contributed by atoms with Crippen LogP contribution in [0, 0.1) is 0 Å². The molecular formula is C29H26N2O4. The highest BCUT2D eigenvalue weighted by Crippen LogP contribution is 2.36. The van der Waals surface area contributed by atoms with Crippen LogP contribution in [0.2, 0.25) is 0 Å². The number of pyridine rings is 1. The van der Waals surface area contributed by atoms with Crippen molar-refractivity contribution in [1.29, 1.82) is 0 Å². The Morgan fingerprint density at radius 2 is 1.80 bits per heavy atom. The van der Waals surface area contributed by atoms with Crippen LogP contribution in [-0.2, 0) is 22.4 Å². The van der Waals surface area contributed by atoms with E-state index in [9.17, 15) is 9.59 Å². The first kappa shape index (κ1) is 22.6. The quantitative estimate of drug-likeness (QED) is 0.390. The molecule has 6 nitrogen and oxygen atoms in total. The summed E-state index contributed by atoms with van der Waals surface area (Å²) in [6, 6.07) is 25.0. The molecule has 6 heteroatoms. The van der Waals surface area contributed by atoms with Crippen LogP contribution in [0.4, 0.5) is 5.69 Å². The zero-order valence-electron chi connectivity index (χ0n) is 19.5. The van der Waals surface area contributed by atoms with E-state index in [1.807, 2.05) is 42.5 Å². The largest absolute Gasteiger partial charge is 0.497 e. The second kappa shape index (κ2) is 9.97. The number of rotatable bonds is 6. The third-order valence-electron chi connectivity index (χ3n) is 6.42. The summed E-state index contributed by atoms with van der Waals surface area (Å²) in [6.07, 6.45) is 2.47. The summed E-state index contributed by atoms with van der Waals surface area (Å²) in [4.78, 5) is 30.7. The predicted molar refractivity (Wildman–Crippen MR) is 135 cm³/mol. The van der Waals surface area contributed by atoms with Crippen LogP contribution < -0.4 is 10.1 Å². The molecule has 4 aromatic rings. The van der Waals surface area contributed by atoms with Gasteiger partial charge in [0.25, 0.3) is 5.91 Å². The lowest BCUT2D eigenvalue weighted by Crippen LogP contribution is -2.23. The van der Waals surface area contributed by atoms with Gasteiger partial charge in [-0.05, 0) is 54.5 Å². The van der Waals surface area contributed by atoms with Gasteiger partial charge in [-0.2, -0.15) is 0 Å². The van der Waals surface area contributed by atoms with E-state index in [0.29, 0.717) is 29.3 Å². The van der Waals surface area contributed by atoms with E-state index in [1.165, 1.54) is 5.56 Å². The van der Waals surface area contributed by atoms with Gasteiger partial charge >= 0.3 is 5.97 Å². The van der Waals surface area contributed by atoms with Gasteiger partial charge in [0.05, 0.1) is 18.2 Å². The zero-order valence-corrected chi connectivity index (χ0v) is 19.5. The summed E-state index contributed by atoms with van der Waals surface area (Å²) in [6.45, 7) is -0.385. The zero-order chi connectivity index (χ0) is 24.2. The Kier molecular flexibility index (Phi) is 6.44. The Morgan fingerprint density at radius 1 is 1.00 bits per heavy atom. The molecule has 0 aliphatic heterocycles. The number of benzene rings is 3. The third kappa shape index (κ3) is 4.87. The number of hydrogen-bond donors (Lipinski definition) is 1. The van der Waals surface area contributed by atoms with E-state index in [-0.39, 0.29) is 6.61 Å². The Balaban J connectivity index is 1.39. The van der Waals surface area contributed by atoms with Gasteiger partial charge in [0, 0.05) is 22.8 Å². The number of aromatic nitrogens is 1. The normalized spacial score (nSPS) is 14.7. The maximum atomic E-state index is 13.4. The minimum absolute atomic E-state index is 0.301. The number of nitrogens with zero attached hydrogens (tertiary/aromatic N) is 1. The van der Waals surface area contributed by atoms with Crippen molar-refractivity contribution in [3.8, 4) is 5.75 Å². The predicted octanol–water partition coefficient (Wildman–Crippen LogP) is 5.31. The van der Waals surface area contributed by atoms with E-state index in [2.05, 4.69) is 17.4 Å². The van der Waals surface area contributed by atoms with Gasteiger partial charge in [-0.3, -0.25) is 9.78 Å². The number of ether oxygens (including phenoxy) is 2. The minimum atomic E-state index is -0.505. The lowest BCUT2D eigenvalue weighted by atomic mass is 9.80. The van der Waals surface area contributed by atoms with Crippen molar-refractivity contribution in [1.82, 2.24) is 4.98 Å². The van der Waals surface area contributed by atoms with Crippen molar-refractivity contribution >= 4 is 28.5 Å². The third-order valence-corrected chi connectivity index (χ3v) is 6.42. The smallest absolute Gasteiger partial charge is 0.339 e. The number of para-hydroxylation sites is 1. The van der Waals surface area contributed by atoms with E-state index in [4.69, 9.17) is 14.5 Å². The number of esters is 1. The molecule has 1 unspecified atom stereocenters. The van der Waals surface area contributed by atoms with Gasteiger partial charge in [-0.25, -0.2) is 4.79 Å². The van der Waals surface area contributed by atoms with Crippen LogP contribution in [0.3, 0.4) is 0 Å². The molecule has 0 bridgehead atoms. The summed E-state index contributed by atoms with van der Waals surface area (Å²) in [5.41, 5.74) is 4.95. The fourth-order valence-electron chi connectivity index (χ4n) is 4.73. The van der Waals surface area contributed by atoms with Crippen LogP contribution in [0.15, 0.2) is 78.9 Å². The van der Waals surface area contributed by atoms with Gasteiger partial charge in [0.2, 0.25) is 0 Å². The van der Waals surface area contributed by atoms with Gasteiger partial charge in [0.1, 0.15) is 5.75 Å². The molecular weight excluding hydrogens is 440 g/mol. The lowest BCUT2D eigenvalue weighted by molar-refractivity contribution is -0.119. The number of methoxy groups -OCH3 is 1. The molecule has 0 saturated heterocycles. The molecule has 1 aliphatic carbocycles. The first-order chi connectivity index (χ1) is 17.1. The van der Waals surface area contributed by atoms with Gasteiger partial charge < -0.3 is 14.8 Å². The highest BCUT2D eigenvalue weighted by Gasteiger charge is 2.28. The van der Waals surface area contributed by atoms with E-state index < -0.39 is 11.9 Å². The number of carbonyl (C=O) groups excluding carboxylic acids is 2. The summed E-state index contributed by atoms with van der Waals surface area (Å²) in [5, 5.41) is 3.49. The SMILES string of the molecule is COc1cccc(NC(=O)COC(=O)c2c3c(nc4ccccc24)CCC(c2ccccc2)C3)c1. The average Bonchev–Trinajstić information content (AvgIpc) is 2.90. The number of hydrogen-bond acceptors (Lipinski definition) is 5. The van der Waals surface area contributed by atoms with Crippen LogP contribution in [-0.4, -0.2) is 30.6 Å². The molecule has 1 amide bonds. The number of nitrogens with one attached hydrogen (secondary N) is 1. The molecule has 35 heavy (non-hydrogen) atoms. The highest BCUT2D eigenvalue weighted by atomic mass is 16.5. The van der Waals surface area contributed by atoms with E-state index >= 15 is 0 Å². The number of aryl methyl sites for hydroxylation is 1. The lowest BCUT2D eigenvalue weighted by Gasteiger charge is -2.26. The molecule has 1 aliphatic rings. The number of amides is 1. The summed E-state index contributed by atoms with van der Waals surface area (Å²) in [7, 11) is 1.56. The molecule has 0 radical (unpaired) electrons. The summed E-state index contributed by atoms with van der Waals surface area (Å²) < 4.78 is 10.7. The second-order valence-corrected chi connectivity index (χ2v) is 8.64. The summed E-state index contributed by atoms with van der Waals surface area (Å²) >= 11 is 0.